The van der Waals surface area contributed by atoms with E-state index in [4.69, 9.17) is 4.74 Å². The Balaban J connectivity index is 2.20. The molecule has 0 bridgehead atoms. The lowest BCUT2D eigenvalue weighted by Gasteiger charge is -2.22. The molecule has 21 heavy (non-hydrogen) atoms. The van der Waals surface area contributed by atoms with Gasteiger partial charge in [-0.2, -0.15) is 0 Å². The Labute approximate surface area is 128 Å². The van der Waals surface area contributed by atoms with E-state index in [2.05, 4.69) is 70.3 Å². The quantitative estimate of drug-likeness (QED) is 0.854. The molecule has 0 unspecified atom stereocenters. The highest BCUT2D eigenvalue weighted by atomic mass is 16.5. The molecular weight excluding hydrogens is 258 g/mol. The zero-order valence-corrected chi connectivity index (χ0v) is 13.7. The summed E-state index contributed by atoms with van der Waals surface area (Å²) in [5.74, 6) is 1.79. The number of benzene rings is 2. The van der Waals surface area contributed by atoms with Gasteiger partial charge in [-0.15, -0.1) is 0 Å². The van der Waals surface area contributed by atoms with Crippen molar-refractivity contribution in [2.75, 3.05) is 0 Å². The first kappa shape index (κ1) is 15.6. The van der Waals surface area contributed by atoms with E-state index < -0.39 is 0 Å². The monoisotopic (exact) mass is 283 g/mol. The van der Waals surface area contributed by atoms with Crippen LogP contribution in [0.2, 0.25) is 0 Å². The highest BCUT2D eigenvalue weighted by molar-refractivity contribution is 5.40. The highest BCUT2D eigenvalue weighted by Gasteiger charge is 2.11. The fraction of sp³-hybridized carbons (Fsp3) is 0.368. The average Bonchev–Trinajstić information content (AvgIpc) is 2.40. The average molecular weight is 283 g/mol. The number of rotatable bonds is 4. The molecule has 2 rings (SSSR count). The molecule has 0 aliphatic carbocycles. The molecule has 0 aromatic heterocycles. The lowest BCUT2D eigenvalue weighted by atomic mass is 10.1. The standard InChI is InChI=1S/C19H25NO/c1-14-6-9-17(10-7-14)21-18-11-8-15(2)12-16(18)13-20-19(3,4)5/h6-12,20H,13H2,1-5H3. The topological polar surface area (TPSA) is 21.3 Å². The van der Waals surface area contributed by atoms with E-state index in [0.29, 0.717) is 0 Å². The first-order chi connectivity index (χ1) is 9.83. The molecule has 0 saturated heterocycles. The van der Waals surface area contributed by atoms with Crippen molar-refractivity contribution in [3.8, 4) is 11.5 Å². The van der Waals surface area contributed by atoms with Gasteiger partial charge in [-0.25, -0.2) is 0 Å². The van der Waals surface area contributed by atoms with Crippen LogP contribution < -0.4 is 10.1 Å². The molecular formula is C19H25NO. The maximum atomic E-state index is 6.04. The summed E-state index contributed by atoms with van der Waals surface area (Å²) in [7, 11) is 0. The van der Waals surface area contributed by atoms with E-state index in [1.165, 1.54) is 16.7 Å². The van der Waals surface area contributed by atoms with Gasteiger partial charge in [0.1, 0.15) is 11.5 Å². The summed E-state index contributed by atoms with van der Waals surface area (Å²) >= 11 is 0. The van der Waals surface area contributed by atoms with Crippen LogP contribution in [0.3, 0.4) is 0 Å². The minimum Gasteiger partial charge on any atom is -0.457 e. The molecule has 0 atom stereocenters. The lowest BCUT2D eigenvalue weighted by molar-refractivity contribution is 0.414. The number of hydrogen-bond donors (Lipinski definition) is 1. The van der Waals surface area contributed by atoms with E-state index in [9.17, 15) is 0 Å². The number of nitrogens with one attached hydrogen (secondary N) is 1. The van der Waals surface area contributed by atoms with Gasteiger partial charge in [-0.3, -0.25) is 0 Å². The van der Waals surface area contributed by atoms with E-state index in [1.54, 1.807) is 0 Å². The van der Waals surface area contributed by atoms with Crippen molar-refractivity contribution in [3.63, 3.8) is 0 Å². The first-order valence-electron chi connectivity index (χ1n) is 7.42. The maximum absolute atomic E-state index is 6.04. The van der Waals surface area contributed by atoms with E-state index in [-0.39, 0.29) is 5.54 Å². The van der Waals surface area contributed by atoms with Crippen molar-refractivity contribution in [3.05, 3.63) is 59.2 Å². The molecule has 1 N–H and O–H groups in total. The van der Waals surface area contributed by atoms with Crippen LogP contribution in [0.15, 0.2) is 42.5 Å². The summed E-state index contributed by atoms with van der Waals surface area (Å²) in [6.07, 6.45) is 0. The molecule has 2 heteroatoms. The highest BCUT2D eigenvalue weighted by Crippen LogP contribution is 2.27. The second kappa shape index (κ2) is 6.31. The third-order valence-electron chi connectivity index (χ3n) is 3.27. The normalized spacial score (nSPS) is 11.5. The molecule has 0 spiro atoms. The third kappa shape index (κ3) is 4.91. The van der Waals surface area contributed by atoms with Gasteiger partial charge in [0.25, 0.3) is 0 Å². The Hall–Kier alpha value is -1.80. The molecule has 112 valence electrons. The van der Waals surface area contributed by atoms with E-state index in [0.717, 1.165) is 18.0 Å². The van der Waals surface area contributed by atoms with Gasteiger partial charge in [0.05, 0.1) is 0 Å². The van der Waals surface area contributed by atoms with Crippen molar-refractivity contribution >= 4 is 0 Å². The fourth-order valence-corrected chi connectivity index (χ4v) is 2.04. The van der Waals surface area contributed by atoms with Crippen molar-refractivity contribution in [2.45, 2.75) is 46.7 Å². The molecule has 0 saturated carbocycles. The van der Waals surface area contributed by atoms with Crippen molar-refractivity contribution in [1.29, 1.82) is 0 Å². The van der Waals surface area contributed by atoms with Gasteiger partial charge in [0.2, 0.25) is 0 Å². The van der Waals surface area contributed by atoms with Gasteiger partial charge < -0.3 is 10.1 Å². The minimum absolute atomic E-state index is 0.0882. The van der Waals surface area contributed by atoms with Crippen LogP contribution in [0, 0.1) is 13.8 Å². The zero-order valence-electron chi connectivity index (χ0n) is 13.7. The molecule has 0 fully saturated rings. The Morgan fingerprint density at radius 2 is 1.52 bits per heavy atom. The number of ether oxygens (including phenoxy) is 1. The largest absolute Gasteiger partial charge is 0.457 e. The van der Waals surface area contributed by atoms with Gasteiger partial charge in [-0.1, -0.05) is 35.4 Å². The predicted octanol–water partition coefficient (Wildman–Crippen LogP) is 4.98. The van der Waals surface area contributed by atoms with Crippen LogP contribution in [0.4, 0.5) is 0 Å². The first-order valence-corrected chi connectivity index (χ1v) is 7.42. The molecule has 0 aliphatic heterocycles. The zero-order chi connectivity index (χ0) is 15.5. The lowest BCUT2D eigenvalue weighted by Crippen LogP contribution is -2.35. The van der Waals surface area contributed by atoms with Gasteiger partial charge in [-0.05, 0) is 52.8 Å². The third-order valence-corrected chi connectivity index (χ3v) is 3.27. The molecule has 2 aromatic carbocycles. The number of hydrogen-bond acceptors (Lipinski definition) is 2. The van der Waals surface area contributed by atoms with Crippen LogP contribution >= 0.6 is 0 Å². The van der Waals surface area contributed by atoms with Crippen molar-refractivity contribution in [2.24, 2.45) is 0 Å². The van der Waals surface area contributed by atoms with Crippen LogP contribution in [-0.4, -0.2) is 5.54 Å². The maximum Gasteiger partial charge on any atom is 0.131 e. The second-order valence-electron chi connectivity index (χ2n) is 6.63. The Morgan fingerprint density at radius 3 is 2.14 bits per heavy atom. The van der Waals surface area contributed by atoms with Crippen LogP contribution in [0.1, 0.15) is 37.5 Å². The van der Waals surface area contributed by atoms with Crippen LogP contribution in [-0.2, 0) is 6.54 Å². The summed E-state index contributed by atoms with van der Waals surface area (Å²) in [4.78, 5) is 0. The van der Waals surface area contributed by atoms with Gasteiger partial charge in [0.15, 0.2) is 0 Å². The minimum atomic E-state index is 0.0882. The second-order valence-corrected chi connectivity index (χ2v) is 6.63. The summed E-state index contributed by atoms with van der Waals surface area (Å²) in [5, 5.41) is 3.52. The van der Waals surface area contributed by atoms with E-state index in [1.807, 2.05) is 12.1 Å². The summed E-state index contributed by atoms with van der Waals surface area (Å²) in [6, 6.07) is 14.5. The van der Waals surface area contributed by atoms with Crippen LogP contribution in [0.5, 0.6) is 11.5 Å². The van der Waals surface area contributed by atoms with E-state index >= 15 is 0 Å². The Kier molecular flexibility index (Phi) is 4.69. The molecule has 2 aromatic rings. The molecule has 0 aliphatic rings. The summed E-state index contributed by atoms with van der Waals surface area (Å²) in [6.45, 7) is 11.5. The smallest absolute Gasteiger partial charge is 0.131 e. The van der Waals surface area contributed by atoms with Crippen molar-refractivity contribution in [1.82, 2.24) is 5.32 Å². The van der Waals surface area contributed by atoms with Gasteiger partial charge in [0, 0.05) is 17.6 Å². The summed E-state index contributed by atoms with van der Waals surface area (Å²) in [5.41, 5.74) is 3.76. The van der Waals surface area contributed by atoms with Crippen LogP contribution in [0.25, 0.3) is 0 Å². The molecule has 0 amide bonds. The van der Waals surface area contributed by atoms with Crippen molar-refractivity contribution < 1.29 is 4.74 Å². The summed E-state index contributed by atoms with van der Waals surface area (Å²) < 4.78 is 6.04. The van der Waals surface area contributed by atoms with Gasteiger partial charge >= 0.3 is 0 Å². The molecule has 2 nitrogen and oxygen atoms in total. The fourth-order valence-electron chi connectivity index (χ4n) is 2.04. The molecule has 0 heterocycles. The Morgan fingerprint density at radius 1 is 0.905 bits per heavy atom. The number of aryl methyl sites for hydroxylation is 2. The molecule has 0 radical (unpaired) electrons. The SMILES string of the molecule is Cc1ccc(Oc2ccc(C)cc2CNC(C)(C)C)cc1. The Bertz CT molecular complexity index is 594. The predicted molar refractivity (Wildman–Crippen MR) is 89.0 cm³/mol.